The number of ether oxygens (including phenoxy) is 2. The smallest absolute Gasteiger partial charge is 0.456 e. The van der Waals surface area contributed by atoms with E-state index in [2.05, 4.69) is 25.0 Å². The lowest BCUT2D eigenvalue weighted by Gasteiger charge is -2.19. The molecule has 6 nitrogen and oxygen atoms in total. The number of nitrogens with zero attached hydrogens (tertiary/aromatic N) is 3. The number of hydrogen-bond donors (Lipinski definition) is 1. The van der Waals surface area contributed by atoms with E-state index in [9.17, 15) is 22.0 Å². The lowest BCUT2D eigenvalue weighted by molar-refractivity contribution is -0.290. The second-order valence-corrected chi connectivity index (χ2v) is 3.40. The van der Waals surface area contributed by atoms with E-state index in [1.165, 1.54) is 7.05 Å². The highest BCUT2D eigenvalue weighted by atomic mass is 19.4. The van der Waals surface area contributed by atoms with Gasteiger partial charge in [-0.3, -0.25) is 0 Å². The molecule has 1 aromatic rings. The van der Waals surface area contributed by atoms with Crippen LogP contribution in [0.4, 0.5) is 27.9 Å². The van der Waals surface area contributed by atoms with Crippen molar-refractivity contribution < 1.29 is 31.4 Å². The number of hydrogen-bond acceptors (Lipinski definition) is 6. The van der Waals surface area contributed by atoms with E-state index < -0.39 is 24.7 Å². The van der Waals surface area contributed by atoms with Gasteiger partial charge in [0.05, 0.1) is 6.61 Å². The molecule has 0 fully saturated rings. The van der Waals surface area contributed by atoms with Crippen molar-refractivity contribution in [1.82, 2.24) is 15.0 Å². The molecule has 1 rings (SSSR count). The SMILES string of the molecule is CCOc1nc(NC)nc(OCC(F)(F)C(F)(F)F)n1. The fraction of sp³-hybridized carbons (Fsp3) is 0.667. The molecule has 0 spiro atoms. The molecule has 0 amide bonds. The molecule has 0 saturated heterocycles. The molecule has 0 saturated carbocycles. The number of anilines is 1. The lowest BCUT2D eigenvalue weighted by Crippen LogP contribution is -2.42. The Hall–Kier alpha value is -1.94. The maximum atomic E-state index is 12.7. The Bertz CT molecular complexity index is 454. The summed E-state index contributed by atoms with van der Waals surface area (Å²) in [6.45, 7) is -0.151. The summed E-state index contributed by atoms with van der Waals surface area (Å²) >= 11 is 0. The summed E-state index contributed by atoms with van der Waals surface area (Å²) in [6, 6.07) is -0.950. The van der Waals surface area contributed by atoms with Gasteiger partial charge in [0, 0.05) is 7.05 Å². The Balaban J connectivity index is 2.84. The number of nitrogens with one attached hydrogen (secondary N) is 1. The van der Waals surface area contributed by atoms with Gasteiger partial charge in [-0.1, -0.05) is 0 Å². The van der Waals surface area contributed by atoms with Gasteiger partial charge in [-0.2, -0.15) is 31.9 Å². The molecule has 11 heteroatoms. The third kappa shape index (κ3) is 4.03. The summed E-state index contributed by atoms with van der Waals surface area (Å²) in [5, 5.41) is 2.46. The van der Waals surface area contributed by atoms with Crippen molar-refractivity contribution in [3.05, 3.63) is 0 Å². The molecule has 20 heavy (non-hydrogen) atoms. The normalized spacial score (nSPS) is 12.2. The highest BCUT2D eigenvalue weighted by Gasteiger charge is 2.58. The molecule has 114 valence electrons. The van der Waals surface area contributed by atoms with E-state index in [-0.39, 0.29) is 18.6 Å². The maximum absolute atomic E-state index is 12.7. The average molecular weight is 302 g/mol. The van der Waals surface area contributed by atoms with Crippen LogP contribution in [-0.2, 0) is 0 Å². The van der Waals surface area contributed by atoms with Crippen LogP contribution in [-0.4, -0.2) is 47.3 Å². The third-order valence-electron chi connectivity index (χ3n) is 1.89. The molecule has 1 aromatic heterocycles. The summed E-state index contributed by atoms with van der Waals surface area (Å²) in [7, 11) is 1.42. The summed E-state index contributed by atoms with van der Waals surface area (Å²) in [5.74, 6) is -5.10. The van der Waals surface area contributed by atoms with E-state index >= 15 is 0 Å². The first-order chi connectivity index (χ1) is 9.19. The molecule has 0 aromatic carbocycles. The van der Waals surface area contributed by atoms with Crippen molar-refractivity contribution in [1.29, 1.82) is 0 Å². The van der Waals surface area contributed by atoms with Crippen LogP contribution in [0.2, 0.25) is 0 Å². The molecular weight excluding hydrogens is 291 g/mol. The Morgan fingerprint density at radius 2 is 1.55 bits per heavy atom. The van der Waals surface area contributed by atoms with Gasteiger partial charge in [-0.05, 0) is 6.92 Å². The minimum absolute atomic E-state index is 0.0891. The zero-order chi connectivity index (χ0) is 15.4. The first-order valence-electron chi connectivity index (χ1n) is 5.33. The molecule has 0 unspecified atom stereocenters. The van der Waals surface area contributed by atoms with Crippen LogP contribution < -0.4 is 14.8 Å². The predicted octanol–water partition coefficient (Wildman–Crippen LogP) is 1.89. The molecule has 0 radical (unpaired) electrons. The summed E-state index contributed by atoms with van der Waals surface area (Å²) in [6.07, 6.45) is -5.71. The minimum Gasteiger partial charge on any atom is -0.464 e. The molecule has 0 aliphatic carbocycles. The molecule has 0 atom stereocenters. The minimum atomic E-state index is -5.71. The van der Waals surface area contributed by atoms with Crippen molar-refractivity contribution in [2.24, 2.45) is 0 Å². The van der Waals surface area contributed by atoms with Crippen LogP contribution in [0.3, 0.4) is 0 Å². The Morgan fingerprint density at radius 1 is 1.00 bits per heavy atom. The van der Waals surface area contributed by atoms with E-state index in [1.807, 2.05) is 0 Å². The molecule has 0 bridgehead atoms. The van der Waals surface area contributed by atoms with Gasteiger partial charge in [-0.15, -0.1) is 4.98 Å². The topological polar surface area (TPSA) is 69.2 Å². The molecule has 1 N–H and O–H groups in total. The second kappa shape index (κ2) is 6.01. The van der Waals surface area contributed by atoms with Crippen molar-refractivity contribution in [3.8, 4) is 12.0 Å². The summed E-state index contributed by atoms with van der Waals surface area (Å²) in [4.78, 5) is 10.6. The first-order valence-corrected chi connectivity index (χ1v) is 5.33. The van der Waals surface area contributed by atoms with Gasteiger partial charge in [-0.25, -0.2) is 0 Å². The zero-order valence-electron chi connectivity index (χ0n) is 10.5. The Labute approximate surface area is 110 Å². The first kappa shape index (κ1) is 16.1. The van der Waals surface area contributed by atoms with Crippen LogP contribution in [0, 0.1) is 0 Å². The average Bonchev–Trinajstić information content (AvgIpc) is 2.35. The second-order valence-electron chi connectivity index (χ2n) is 3.40. The monoisotopic (exact) mass is 302 g/mol. The van der Waals surface area contributed by atoms with Gasteiger partial charge in [0.15, 0.2) is 6.61 Å². The van der Waals surface area contributed by atoms with Crippen LogP contribution in [0.5, 0.6) is 12.0 Å². The van der Waals surface area contributed by atoms with E-state index in [0.717, 1.165) is 0 Å². The maximum Gasteiger partial charge on any atom is 0.456 e. The highest BCUT2D eigenvalue weighted by Crippen LogP contribution is 2.35. The quantitative estimate of drug-likeness (QED) is 0.809. The van der Waals surface area contributed by atoms with Gasteiger partial charge in [0.2, 0.25) is 5.95 Å². The van der Waals surface area contributed by atoms with Crippen LogP contribution in [0.15, 0.2) is 0 Å². The van der Waals surface area contributed by atoms with Crippen LogP contribution in [0.1, 0.15) is 6.92 Å². The third-order valence-corrected chi connectivity index (χ3v) is 1.89. The number of aromatic nitrogens is 3. The largest absolute Gasteiger partial charge is 0.464 e. The fourth-order valence-corrected chi connectivity index (χ4v) is 0.945. The molecule has 1 heterocycles. The van der Waals surface area contributed by atoms with Gasteiger partial charge in [0.1, 0.15) is 0 Å². The van der Waals surface area contributed by atoms with Crippen molar-refractivity contribution in [2.75, 3.05) is 25.6 Å². The van der Waals surface area contributed by atoms with Crippen molar-refractivity contribution in [2.45, 2.75) is 19.0 Å². The molecular formula is C9H11F5N4O2. The standard InChI is InChI=1S/C9H11F5N4O2/c1-3-19-6-16-5(15-2)17-7(18-6)20-4-8(10,11)9(12,13)14/h3-4H2,1-2H3,(H,15,16,17,18). The molecule has 0 aliphatic heterocycles. The van der Waals surface area contributed by atoms with Crippen molar-refractivity contribution in [3.63, 3.8) is 0 Å². The fourth-order valence-electron chi connectivity index (χ4n) is 0.945. The van der Waals surface area contributed by atoms with Crippen LogP contribution in [0.25, 0.3) is 0 Å². The van der Waals surface area contributed by atoms with Gasteiger partial charge in [0.25, 0.3) is 0 Å². The molecule has 0 aliphatic rings. The predicted molar refractivity (Wildman–Crippen MR) is 57.0 cm³/mol. The Morgan fingerprint density at radius 3 is 2.00 bits per heavy atom. The summed E-state index contributed by atoms with van der Waals surface area (Å²) < 4.78 is 70.4. The Kier molecular flexibility index (Phi) is 4.84. The van der Waals surface area contributed by atoms with Crippen LogP contribution >= 0.6 is 0 Å². The number of halogens is 5. The van der Waals surface area contributed by atoms with Gasteiger partial charge < -0.3 is 14.8 Å². The number of alkyl halides is 5. The van der Waals surface area contributed by atoms with Gasteiger partial charge >= 0.3 is 24.1 Å². The highest BCUT2D eigenvalue weighted by molar-refractivity contribution is 5.26. The summed E-state index contributed by atoms with van der Waals surface area (Å²) in [5.41, 5.74) is 0. The van der Waals surface area contributed by atoms with E-state index in [1.54, 1.807) is 6.92 Å². The number of rotatable bonds is 6. The zero-order valence-corrected chi connectivity index (χ0v) is 10.5. The van der Waals surface area contributed by atoms with Crippen molar-refractivity contribution >= 4 is 5.95 Å². The van der Waals surface area contributed by atoms with E-state index in [4.69, 9.17) is 4.74 Å². The lowest BCUT2D eigenvalue weighted by atomic mass is 10.3. The van der Waals surface area contributed by atoms with E-state index in [0.29, 0.717) is 0 Å².